The molecule has 0 aromatic carbocycles. The number of ether oxygens (including phenoxy) is 1. The Labute approximate surface area is 107 Å². The van der Waals surface area contributed by atoms with E-state index in [2.05, 4.69) is 9.88 Å². The first-order valence-corrected chi connectivity index (χ1v) is 5.91. The van der Waals surface area contributed by atoms with Crippen LogP contribution in [0.1, 0.15) is 28.0 Å². The zero-order valence-corrected chi connectivity index (χ0v) is 11.4. The van der Waals surface area contributed by atoms with Gasteiger partial charge in [0.2, 0.25) is 5.88 Å². The maximum Gasteiger partial charge on any atom is 0.341 e. The lowest BCUT2D eigenvalue weighted by atomic mass is 10.1. The van der Waals surface area contributed by atoms with Crippen molar-refractivity contribution in [3.63, 3.8) is 0 Å². The van der Waals surface area contributed by atoms with E-state index in [0.29, 0.717) is 12.2 Å². The van der Waals surface area contributed by atoms with Gasteiger partial charge in [-0.15, -0.1) is 0 Å². The molecule has 100 valence electrons. The van der Waals surface area contributed by atoms with E-state index in [1.54, 1.807) is 13.0 Å². The third-order valence-corrected chi connectivity index (χ3v) is 2.51. The van der Waals surface area contributed by atoms with Gasteiger partial charge in [-0.1, -0.05) is 0 Å². The van der Waals surface area contributed by atoms with Crippen LogP contribution in [0, 0.1) is 13.8 Å². The second-order valence-electron chi connectivity index (χ2n) is 4.57. The molecule has 0 bridgehead atoms. The van der Waals surface area contributed by atoms with E-state index in [0.717, 1.165) is 18.7 Å². The second kappa shape index (κ2) is 6.35. The Morgan fingerprint density at radius 3 is 2.67 bits per heavy atom. The molecule has 1 heterocycles. The standard InChI is InChI=1S/C13H20N2O3/c1-9-8-10(2)14-12(11(9)13(16)17)18-7-5-6-15(3)4/h8H,5-7H2,1-4H3,(H,16,17). The summed E-state index contributed by atoms with van der Waals surface area (Å²) in [5.74, 6) is -0.777. The third-order valence-electron chi connectivity index (χ3n) is 2.51. The highest BCUT2D eigenvalue weighted by Crippen LogP contribution is 2.21. The smallest absolute Gasteiger partial charge is 0.341 e. The van der Waals surface area contributed by atoms with Crippen LogP contribution in [0.3, 0.4) is 0 Å². The summed E-state index contributed by atoms with van der Waals surface area (Å²) in [7, 11) is 3.97. The van der Waals surface area contributed by atoms with Crippen LogP contribution in [0.5, 0.6) is 5.88 Å². The number of nitrogens with zero attached hydrogens (tertiary/aromatic N) is 2. The van der Waals surface area contributed by atoms with Crippen LogP contribution in [0.4, 0.5) is 0 Å². The van der Waals surface area contributed by atoms with E-state index < -0.39 is 5.97 Å². The van der Waals surface area contributed by atoms with Gasteiger partial charge in [-0.2, -0.15) is 0 Å². The van der Waals surface area contributed by atoms with E-state index in [1.165, 1.54) is 0 Å². The Hall–Kier alpha value is -1.62. The SMILES string of the molecule is Cc1cc(C)c(C(=O)O)c(OCCCN(C)C)n1. The maximum atomic E-state index is 11.2. The van der Waals surface area contributed by atoms with Crippen molar-refractivity contribution in [3.8, 4) is 5.88 Å². The van der Waals surface area contributed by atoms with Gasteiger partial charge in [-0.25, -0.2) is 9.78 Å². The summed E-state index contributed by atoms with van der Waals surface area (Å²) in [6, 6.07) is 1.75. The Morgan fingerprint density at radius 1 is 1.44 bits per heavy atom. The van der Waals surface area contributed by atoms with Crippen LogP contribution in [0.2, 0.25) is 0 Å². The molecule has 5 nitrogen and oxygen atoms in total. The quantitative estimate of drug-likeness (QED) is 0.781. The summed E-state index contributed by atoms with van der Waals surface area (Å²) in [4.78, 5) is 17.4. The lowest BCUT2D eigenvalue weighted by molar-refractivity contribution is 0.0690. The molecular weight excluding hydrogens is 232 g/mol. The Balaban J connectivity index is 2.77. The number of hydrogen-bond donors (Lipinski definition) is 1. The van der Waals surface area contributed by atoms with Crippen molar-refractivity contribution in [1.82, 2.24) is 9.88 Å². The molecule has 0 spiro atoms. The van der Waals surface area contributed by atoms with Gasteiger partial charge in [-0.3, -0.25) is 0 Å². The highest BCUT2D eigenvalue weighted by molar-refractivity contribution is 5.91. The average Bonchev–Trinajstić information content (AvgIpc) is 2.22. The fourth-order valence-electron chi connectivity index (χ4n) is 1.72. The summed E-state index contributed by atoms with van der Waals surface area (Å²) in [5, 5.41) is 9.15. The molecule has 0 fully saturated rings. The number of carboxylic acid groups (broad SMARTS) is 1. The van der Waals surface area contributed by atoms with Gasteiger partial charge in [0.05, 0.1) is 6.61 Å². The number of aromatic carboxylic acids is 1. The predicted octanol–water partition coefficient (Wildman–Crippen LogP) is 1.73. The lowest BCUT2D eigenvalue weighted by Crippen LogP contribution is -2.16. The maximum absolute atomic E-state index is 11.2. The number of carboxylic acids is 1. The third kappa shape index (κ3) is 4.00. The minimum atomic E-state index is -0.998. The molecule has 0 saturated heterocycles. The van der Waals surface area contributed by atoms with E-state index in [1.807, 2.05) is 21.0 Å². The van der Waals surface area contributed by atoms with Gasteiger partial charge < -0.3 is 14.7 Å². The van der Waals surface area contributed by atoms with E-state index in [4.69, 9.17) is 9.84 Å². The fraction of sp³-hybridized carbons (Fsp3) is 0.538. The van der Waals surface area contributed by atoms with Crippen molar-refractivity contribution in [2.45, 2.75) is 20.3 Å². The van der Waals surface area contributed by atoms with Crippen molar-refractivity contribution >= 4 is 5.97 Å². The summed E-state index contributed by atoms with van der Waals surface area (Å²) >= 11 is 0. The van der Waals surface area contributed by atoms with Crippen molar-refractivity contribution < 1.29 is 14.6 Å². The van der Waals surface area contributed by atoms with Gasteiger partial charge in [0, 0.05) is 12.2 Å². The van der Waals surface area contributed by atoms with E-state index in [-0.39, 0.29) is 11.4 Å². The second-order valence-corrected chi connectivity index (χ2v) is 4.57. The van der Waals surface area contributed by atoms with Gasteiger partial charge in [0.15, 0.2) is 0 Å². The molecule has 0 amide bonds. The largest absolute Gasteiger partial charge is 0.477 e. The molecule has 18 heavy (non-hydrogen) atoms. The summed E-state index contributed by atoms with van der Waals surface area (Å²) in [6.45, 7) is 4.94. The number of aryl methyl sites for hydroxylation is 2. The topological polar surface area (TPSA) is 62.7 Å². The first kappa shape index (κ1) is 14.4. The van der Waals surface area contributed by atoms with Gasteiger partial charge in [0.25, 0.3) is 0 Å². The first-order valence-electron chi connectivity index (χ1n) is 5.91. The monoisotopic (exact) mass is 252 g/mol. The van der Waals surface area contributed by atoms with Crippen LogP contribution in [-0.4, -0.2) is 48.2 Å². The Bertz CT molecular complexity index is 430. The molecule has 5 heteroatoms. The molecule has 1 rings (SSSR count). The normalized spacial score (nSPS) is 10.7. The number of aromatic nitrogens is 1. The summed E-state index contributed by atoms with van der Waals surface area (Å²) in [5.41, 5.74) is 1.60. The van der Waals surface area contributed by atoms with E-state index >= 15 is 0 Å². The minimum absolute atomic E-state index is 0.158. The molecule has 0 saturated carbocycles. The van der Waals surface area contributed by atoms with Crippen LogP contribution >= 0.6 is 0 Å². The molecule has 1 aromatic heterocycles. The average molecular weight is 252 g/mol. The molecule has 0 aliphatic carbocycles. The molecule has 0 aliphatic heterocycles. The van der Waals surface area contributed by atoms with Crippen LogP contribution in [0.15, 0.2) is 6.07 Å². The number of hydrogen-bond acceptors (Lipinski definition) is 4. The Morgan fingerprint density at radius 2 is 2.11 bits per heavy atom. The molecule has 0 unspecified atom stereocenters. The molecule has 0 atom stereocenters. The van der Waals surface area contributed by atoms with Gasteiger partial charge >= 0.3 is 5.97 Å². The highest BCUT2D eigenvalue weighted by Gasteiger charge is 2.16. The Kier molecular flexibility index (Phi) is 5.09. The molecular formula is C13H20N2O3. The van der Waals surface area contributed by atoms with Crippen molar-refractivity contribution in [2.24, 2.45) is 0 Å². The highest BCUT2D eigenvalue weighted by atomic mass is 16.5. The zero-order valence-electron chi connectivity index (χ0n) is 11.4. The minimum Gasteiger partial charge on any atom is -0.477 e. The van der Waals surface area contributed by atoms with Gasteiger partial charge in [0.1, 0.15) is 5.56 Å². The fourth-order valence-corrected chi connectivity index (χ4v) is 1.72. The van der Waals surface area contributed by atoms with Crippen molar-refractivity contribution in [3.05, 3.63) is 22.9 Å². The van der Waals surface area contributed by atoms with Gasteiger partial charge in [-0.05, 0) is 46.0 Å². The summed E-state index contributed by atoms with van der Waals surface area (Å²) < 4.78 is 5.49. The molecule has 0 aliphatic rings. The molecule has 0 radical (unpaired) electrons. The first-order chi connectivity index (χ1) is 8.41. The van der Waals surface area contributed by atoms with Crippen LogP contribution in [0.25, 0.3) is 0 Å². The van der Waals surface area contributed by atoms with Crippen molar-refractivity contribution in [1.29, 1.82) is 0 Å². The molecule has 1 N–H and O–H groups in total. The lowest BCUT2D eigenvalue weighted by Gasteiger charge is -2.12. The zero-order chi connectivity index (χ0) is 13.7. The predicted molar refractivity (Wildman–Crippen MR) is 69.3 cm³/mol. The van der Waals surface area contributed by atoms with E-state index in [9.17, 15) is 4.79 Å². The van der Waals surface area contributed by atoms with Crippen LogP contribution < -0.4 is 4.74 Å². The van der Waals surface area contributed by atoms with Crippen LogP contribution in [-0.2, 0) is 0 Å². The molecule has 1 aromatic rings. The number of pyridine rings is 1. The van der Waals surface area contributed by atoms with Crippen molar-refractivity contribution in [2.75, 3.05) is 27.2 Å². The number of rotatable bonds is 6. The number of carbonyl (C=O) groups is 1. The summed E-state index contributed by atoms with van der Waals surface area (Å²) in [6.07, 6.45) is 0.834.